The topological polar surface area (TPSA) is 3.24 Å². The summed E-state index contributed by atoms with van der Waals surface area (Å²) in [4.78, 5) is 2.75. The highest BCUT2D eigenvalue weighted by molar-refractivity contribution is 4.92. The number of hydrogen-bond donors (Lipinski definition) is 0. The minimum atomic E-state index is 0.856. The summed E-state index contributed by atoms with van der Waals surface area (Å²) in [5.74, 6) is 0. The monoisotopic (exact) mass is 235 g/mol. The molecule has 0 N–H and O–H groups in total. The van der Waals surface area contributed by atoms with E-state index in [1.54, 1.807) is 0 Å². The van der Waals surface area contributed by atoms with Crippen molar-refractivity contribution in [2.75, 3.05) is 0 Å². The third-order valence-corrected chi connectivity index (χ3v) is 4.51. The average molecular weight is 235 g/mol. The summed E-state index contributed by atoms with van der Waals surface area (Å²) in [7, 11) is 0. The molecule has 0 bridgehead atoms. The third kappa shape index (κ3) is 3.76. The molecule has 0 aromatic carbocycles. The van der Waals surface area contributed by atoms with E-state index in [4.69, 9.17) is 0 Å². The Morgan fingerprint density at radius 3 is 1.71 bits per heavy atom. The average Bonchev–Trinajstić information content (AvgIpc) is 2.42. The van der Waals surface area contributed by atoms with Gasteiger partial charge < -0.3 is 4.90 Å². The number of nitrogens with zero attached hydrogens (tertiary/aromatic N) is 1. The highest BCUT2D eigenvalue weighted by Crippen LogP contribution is 2.30. The predicted molar refractivity (Wildman–Crippen MR) is 75.0 cm³/mol. The van der Waals surface area contributed by atoms with Crippen molar-refractivity contribution in [1.29, 1.82) is 0 Å². The quantitative estimate of drug-likeness (QED) is 0.671. The van der Waals surface area contributed by atoms with Gasteiger partial charge >= 0.3 is 0 Å². The van der Waals surface area contributed by atoms with E-state index in [1.165, 1.54) is 70.6 Å². The maximum absolute atomic E-state index is 2.75. The van der Waals surface area contributed by atoms with Crippen molar-refractivity contribution in [1.82, 2.24) is 4.90 Å². The van der Waals surface area contributed by atoms with E-state index in [9.17, 15) is 0 Å². The van der Waals surface area contributed by atoms with Crippen LogP contribution in [-0.4, -0.2) is 17.0 Å². The molecule has 2 saturated carbocycles. The van der Waals surface area contributed by atoms with E-state index in [-0.39, 0.29) is 0 Å². The Hall–Kier alpha value is -0.460. The molecule has 0 heterocycles. The molecule has 1 nitrogen and oxygen atoms in total. The van der Waals surface area contributed by atoms with Crippen LogP contribution in [0.5, 0.6) is 0 Å². The van der Waals surface area contributed by atoms with Crippen LogP contribution in [0.4, 0.5) is 0 Å². The molecule has 2 aliphatic carbocycles. The zero-order chi connectivity index (χ0) is 11.9. The van der Waals surface area contributed by atoms with Gasteiger partial charge in [0.05, 0.1) is 0 Å². The summed E-state index contributed by atoms with van der Waals surface area (Å²) in [6, 6.07) is 1.71. The Morgan fingerprint density at radius 2 is 1.29 bits per heavy atom. The second-order valence-electron chi connectivity index (χ2n) is 5.82. The van der Waals surface area contributed by atoms with Crippen LogP contribution < -0.4 is 0 Å². The standard InChI is InChI=1S/C16H29N/c1-2-3-14-17(15-10-6-4-7-11-15)16-12-8-5-9-13-16/h3,14-16H,2,4-13H2,1H3/b14-3+. The SMILES string of the molecule is CC/C=C/N(C1CCCCC1)C1CCCCC1. The van der Waals surface area contributed by atoms with Crippen LogP contribution in [0.2, 0.25) is 0 Å². The molecule has 0 amide bonds. The van der Waals surface area contributed by atoms with Gasteiger partial charge in [-0.05, 0) is 38.3 Å². The normalized spacial score (nSPS) is 24.3. The van der Waals surface area contributed by atoms with Gasteiger partial charge in [0.1, 0.15) is 0 Å². The lowest BCUT2D eigenvalue weighted by molar-refractivity contribution is 0.133. The van der Waals surface area contributed by atoms with Crippen LogP contribution >= 0.6 is 0 Å². The first kappa shape index (κ1) is 13.0. The Morgan fingerprint density at radius 1 is 0.824 bits per heavy atom. The first-order valence-electron chi connectivity index (χ1n) is 7.86. The second kappa shape index (κ2) is 7.08. The van der Waals surface area contributed by atoms with Crippen LogP contribution in [-0.2, 0) is 0 Å². The van der Waals surface area contributed by atoms with Crippen molar-refractivity contribution < 1.29 is 0 Å². The molecular weight excluding hydrogens is 206 g/mol. The molecule has 17 heavy (non-hydrogen) atoms. The molecule has 2 rings (SSSR count). The van der Waals surface area contributed by atoms with E-state index in [0.29, 0.717) is 0 Å². The summed E-state index contributed by atoms with van der Waals surface area (Å²) in [6.07, 6.45) is 20.5. The summed E-state index contributed by atoms with van der Waals surface area (Å²) in [5, 5.41) is 0. The van der Waals surface area contributed by atoms with Crippen molar-refractivity contribution in [3.63, 3.8) is 0 Å². The Kier molecular flexibility index (Phi) is 5.41. The Bertz CT molecular complexity index is 204. The third-order valence-electron chi connectivity index (χ3n) is 4.51. The maximum atomic E-state index is 2.75. The number of allylic oxidation sites excluding steroid dienone is 1. The lowest BCUT2D eigenvalue weighted by atomic mass is 9.89. The first-order chi connectivity index (χ1) is 8.42. The molecule has 0 saturated heterocycles. The van der Waals surface area contributed by atoms with Gasteiger partial charge in [0.2, 0.25) is 0 Å². The Labute approximate surface area is 107 Å². The Balaban J connectivity index is 1.97. The van der Waals surface area contributed by atoms with Crippen LogP contribution in [0.15, 0.2) is 12.3 Å². The van der Waals surface area contributed by atoms with Crippen LogP contribution in [0.1, 0.15) is 77.6 Å². The summed E-state index contributed by atoms with van der Waals surface area (Å²) >= 11 is 0. The highest BCUT2D eigenvalue weighted by atomic mass is 15.2. The van der Waals surface area contributed by atoms with Gasteiger partial charge in [-0.15, -0.1) is 0 Å². The fraction of sp³-hybridized carbons (Fsp3) is 0.875. The summed E-state index contributed by atoms with van der Waals surface area (Å²) < 4.78 is 0. The molecule has 0 radical (unpaired) electrons. The first-order valence-corrected chi connectivity index (χ1v) is 7.86. The van der Waals surface area contributed by atoms with Gasteiger partial charge in [-0.3, -0.25) is 0 Å². The summed E-state index contributed by atoms with van der Waals surface area (Å²) in [6.45, 7) is 2.25. The van der Waals surface area contributed by atoms with Crippen molar-refractivity contribution in [3.8, 4) is 0 Å². The highest BCUT2D eigenvalue weighted by Gasteiger charge is 2.26. The van der Waals surface area contributed by atoms with E-state index in [1.807, 2.05) is 0 Å². The van der Waals surface area contributed by atoms with Gasteiger partial charge in [0.25, 0.3) is 0 Å². The smallest absolute Gasteiger partial charge is 0.0287 e. The molecule has 0 aliphatic heterocycles. The molecule has 0 unspecified atom stereocenters. The van der Waals surface area contributed by atoms with Crippen LogP contribution in [0.3, 0.4) is 0 Å². The lowest BCUT2D eigenvalue weighted by Gasteiger charge is -2.41. The van der Waals surface area contributed by atoms with Gasteiger partial charge in [0, 0.05) is 12.1 Å². The molecule has 1 heteroatoms. The zero-order valence-electron chi connectivity index (χ0n) is 11.5. The van der Waals surface area contributed by atoms with Gasteiger partial charge in [-0.1, -0.05) is 51.5 Å². The van der Waals surface area contributed by atoms with Crippen LogP contribution in [0, 0.1) is 0 Å². The van der Waals surface area contributed by atoms with E-state index in [2.05, 4.69) is 24.1 Å². The molecule has 0 spiro atoms. The minimum Gasteiger partial charge on any atom is -0.372 e. The van der Waals surface area contributed by atoms with Crippen LogP contribution in [0.25, 0.3) is 0 Å². The minimum absolute atomic E-state index is 0.856. The van der Waals surface area contributed by atoms with Gasteiger partial charge in [-0.2, -0.15) is 0 Å². The predicted octanol–water partition coefficient (Wildman–Crippen LogP) is 4.88. The van der Waals surface area contributed by atoms with E-state index < -0.39 is 0 Å². The molecule has 2 aliphatic rings. The van der Waals surface area contributed by atoms with Crippen molar-refractivity contribution in [2.24, 2.45) is 0 Å². The second-order valence-corrected chi connectivity index (χ2v) is 5.82. The van der Waals surface area contributed by atoms with Gasteiger partial charge in [-0.25, -0.2) is 0 Å². The van der Waals surface area contributed by atoms with E-state index in [0.717, 1.165) is 12.1 Å². The van der Waals surface area contributed by atoms with E-state index >= 15 is 0 Å². The van der Waals surface area contributed by atoms with Crippen molar-refractivity contribution >= 4 is 0 Å². The molecule has 98 valence electrons. The van der Waals surface area contributed by atoms with Crippen molar-refractivity contribution in [2.45, 2.75) is 89.6 Å². The number of hydrogen-bond acceptors (Lipinski definition) is 1. The fourth-order valence-electron chi connectivity index (χ4n) is 3.53. The lowest BCUT2D eigenvalue weighted by Crippen LogP contribution is -2.41. The molecular formula is C16H29N. The van der Waals surface area contributed by atoms with Crippen molar-refractivity contribution in [3.05, 3.63) is 12.3 Å². The largest absolute Gasteiger partial charge is 0.372 e. The summed E-state index contributed by atoms with van der Waals surface area (Å²) in [5.41, 5.74) is 0. The zero-order valence-corrected chi connectivity index (χ0v) is 11.5. The fourth-order valence-corrected chi connectivity index (χ4v) is 3.53. The van der Waals surface area contributed by atoms with Gasteiger partial charge in [0.15, 0.2) is 0 Å². The molecule has 0 atom stereocenters. The molecule has 0 aromatic rings. The maximum Gasteiger partial charge on any atom is 0.0287 e. The molecule has 0 aromatic heterocycles. The number of rotatable bonds is 4. The molecule has 2 fully saturated rings.